The van der Waals surface area contributed by atoms with Crippen molar-refractivity contribution in [3.05, 3.63) is 24.0 Å². The van der Waals surface area contributed by atoms with Crippen molar-refractivity contribution in [2.45, 2.75) is 6.42 Å². The summed E-state index contributed by atoms with van der Waals surface area (Å²) in [5.74, 6) is 0.399. The lowest BCUT2D eigenvalue weighted by Gasteiger charge is -2.17. The Morgan fingerprint density at radius 3 is 3.24 bits per heavy atom. The average Bonchev–Trinajstić information content (AvgIpc) is 2.78. The molecule has 0 saturated carbocycles. The predicted octanol–water partition coefficient (Wildman–Crippen LogP) is 0.772. The van der Waals surface area contributed by atoms with Crippen molar-refractivity contribution >= 4 is 11.6 Å². The first-order chi connectivity index (χ1) is 8.22. The van der Waals surface area contributed by atoms with Crippen LogP contribution in [0.4, 0.5) is 5.69 Å². The van der Waals surface area contributed by atoms with Crippen LogP contribution in [0.1, 0.15) is 16.8 Å². The number of nitrogen functional groups attached to an aromatic ring is 1. The second-order valence-electron chi connectivity index (χ2n) is 4.32. The van der Waals surface area contributed by atoms with Gasteiger partial charge < -0.3 is 15.4 Å². The predicted molar refractivity (Wildman–Crippen MR) is 64.5 cm³/mol. The molecule has 0 aromatic carbocycles. The third-order valence-electron chi connectivity index (χ3n) is 3.06. The monoisotopic (exact) mass is 235 g/mol. The number of amides is 1. The van der Waals surface area contributed by atoms with Gasteiger partial charge in [0.25, 0.3) is 5.91 Å². The maximum atomic E-state index is 12.2. The fourth-order valence-corrected chi connectivity index (χ4v) is 2.14. The summed E-state index contributed by atoms with van der Waals surface area (Å²) in [5.41, 5.74) is 6.75. The van der Waals surface area contributed by atoms with Crippen LogP contribution in [0.3, 0.4) is 0 Å². The number of ether oxygens (including phenoxy) is 1. The lowest BCUT2D eigenvalue weighted by molar-refractivity contribution is 0.0776. The number of pyridine rings is 1. The van der Waals surface area contributed by atoms with E-state index >= 15 is 0 Å². The van der Waals surface area contributed by atoms with Crippen LogP contribution in [0.25, 0.3) is 0 Å². The summed E-state index contributed by atoms with van der Waals surface area (Å²) in [5, 5.41) is 0. The minimum atomic E-state index is -0.0331. The van der Waals surface area contributed by atoms with E-state index in [-0.39, 0.29) is 5.91 Å². The molecule has 1 atom stereocenters. The van der Waals surface area contributed by atoms with Crippen molar-refractivity contribution in [1.29, 1.82) is 0 Å². The van der Waals surface area contributed by atoms with Crippen molar-refractivity contribution in [2.75, 3.05) is 32.5 Å². The molecule has 0 aliphatic carbocycles. The Kier molecular flexibility index (Phi) is 3.58. The number of rotatable bonds is 3. The van der Waals surface area contributed by atoms with E-state index in [1.54, 1.807) is 19.4 Å². The molecule has 1 aliphatic rings. The molecule has 2 rings (SSSR count). The minimum absolute atomic E-state index is 0.0331. The molecule has 0 bridgehead atoms. The standard InChI is InChI=1S/C12H17N3O2/c1-17-8-9-3-5-15(7-9)12(16)10-6-14-4-2-11(10)13/h2,4,6,9H,3,5,7-8H2,1H3,(H2,13,14). The van der Waals surface area contributed by atoms with Gasteiger partial charge in [-0.1, -0.05) is 0 Å². The molecule has 1 fully saturated rings. The molecule has 17 heavy (non-hydrogen) atoms. The Hall–Kier alpha value is -1.62. The van der Waals surface area contributed by atoms with Gasteiger partial charge in [-0.15, -0.1) is 0 Å². The molecule has 5 heteroatoms. The van der Waals surface area contributed by atoms with E-state index in [0.717, 1.165) is 19.5 Å². The number of aromatic nitrogens is 1. The number of likely N-dealkylation sites (tertiary alicyclic amines) is 1. The molecule has 0 spiro atoms. The highest BCUT2D eigenvalue weighted by Gasteiger charge is 2.27. The third kappa shape index (κ3) is 2.55. The Labute approximate surface area is 101 Å². The Balaban J connectivity index is 2.05. The van der Waals surface area contributed by atoms with Crippen LogP contribution >= 0.6 is 0 Å². The summed E-state index contributed by atoms with van der Waals surface area (Å²) in [7, 11) is 1.68. The zero-order valence-corrected chi connectivity index (χ0v) is 9.93. The van der Waals surface area contributed by atoms with Crippen molar-refractivity contribution in [3.63, 3.8) is 0 Å². The number of carbonyl (C=O) groups excluding carboxylic acids is 1. The van der Waals surface area contributed by atoms with Crippen LogP contribution in [0.2, 0.25) is 0 Å². The van der Waals surface area contributed by atoms with Gasteiger partial charge in [0, 0.05) is 44.2 Å². The number of carbonyl (C=O) groups is 1. The van der Waals surface area contributed by atoms with Gasteiger partial charge in [-0.25, -0.2) is 0 Å². The average molecular weight is 235 g/mol. The van der Waals surface area contributed by atoms with Gasteiger partial charge in [0.2, 0.25) is 0 Å². The van der Waals surface area contributed by atoms with E-state index in [2.05, 4.69) is 4.98 Å². The SMILES string of the molecule is COCC1CCN(C(=O)c2cnccc2N)C1. The number of methoxy groups -OCH3 is 1. The van der Waals surface area contributed by atoms with Gasteiger partial charge in [-0.05, 0) is 12.5 Å². The highest BCUT2D eigenvalue weighted by atomic mass is 16.5. The van der Waals surface area contributed by atoms with E-state index in [1.165, 1.54) is 6.20 Å². The molecule has 1 aromatic heterocycles. The van der Waals surface area contributed by atoms with E-state index in [1.807, 2.05) is 4.90 Å². The van der Waals surface area contributed by atoms with Crippen molar-refractivity contribution in [3.8, 4) is 0 Å². The number of hydrogen-bond acceptors (Lipinski definition) is 4. The molecule has 2 heterocycles. The number of anilines is 1. The van der Waals surface area contributed by atoms with E-state index < -0.39 is 0 Å². The van der Waals surface area contributed by atoms with Gasteiger partial charge in [-0.3, -0.25) is 9.78 Å². The summed E-state index contributed by atoms with van der Waals surface area (Å²) < 4.78 is 5.11. The highest BCUT2D eigenvalue weighted by Crippen LogP contribution is 2.20. The lowest BCUT2D eigenvalue weighted by Crippen LogP contribution is -2.30. The number of hydrogen-bond donors (Lipinski definition) is 1. The maximum absolute atomic E-state index is 12.2. The van der Waals surface area contributed by atoms with E-state index in [9.17, 15) is 4.79 Å². The summed E-state index contributed by atoms with van der Waals surface area (Å²) in [6.45, 7) is 2.20. The van der Waals surface area contributed by atoms with Crippen LogP contribution in [-0.4, -0.2) is 42.6 Å². The quantitative estimate of drug-likeness (QED) is 0.840. The maximum Gasteiger partial charge on any atom is 0.257 e. The largest absolute Gasteiger partial charge is 0.398 e. The van der Waals surface area contributed by atoms with Crippen molar-refractivity contribution in [1.82, 2.24) is 9.88 Å². The third-order valence-corrected chi connectivity index (χ3v) is 3.06. The van der Waals surface area contributed by atoms with E-state index in [4.69, 9.17) is 10.5 Å². The van der Waals surface area contributed by atoms with Gasteiger partial charge >= 0.3 is 0 Å². The van der Waals surface area contributed by atoms with Crippen molar-refractivity contribution in [2.24, 2.45) is 5.92 Å². The molecule has 5 nitrogen and oxygen atoms in total. The first-order valence-corrected chi connectivity index (χ1v) is 5.70. The van der Waals surface area contributed by atoms with Crippen LogP contribution in [-0.2, 0) is 4.74 Å². The fraction of sp³-hybridized carbons (Fsp3) is 0.500. The molecule has 1 amide bonds. The highest BCUT2D eigenvalue weighted by molar-refractivity contribution is 5.98. The van der Waals surface area contributed by atoms with Crippen LogP contribution in [0.5, 0.6) is 0 Å². The van der Waals surface area contributed by atoms with Crippen LogP contribution in [0.15, 0.2) is 18.5 Å². The molecule has 1 aliphatic heterocycles. The first kappa shape index (κ1) is 11.9. The lowest BCUT2D eigenvalue weighted by atomic mass is 10.1. The van der Waals surface area contributed by atoms with Gasteiger partial charge in [0.05, 0.1) is 12.2 Å². The Bertz CT molecular complexity index is 408. The summed E-state index contributed by atoms with van der Waals surface area (Å²) in [4.78, 5) is 17.9. The zero-order valence-electron chi connectivity index (χ0n) is 9.93. The van der Waals surface area contributed by atoms with Crippen LogP contribution in [0, 0.1) is 5.92 Å². The molecular weight excluding hydrogens is 218 g/mol. The normalized spacial score (nSPS) is 19.6. The smallest absolute Gasteiger partial charge is 0.257 e. The molecule has 1 aromatic rings. The molecule has 0 radical (unpaired) electrons. The second kappa shape index (κ2) is 5.14. The van der Waals surface area contributed by atoms with Crippen LogP contribution < -0.4 is 5.73 Å². The Morgan fingerprint density at radius 2 is 2.53 bits per heavy atom. The topological polar surface area (TPSA) is 68.5 Å². The fourth-order valence-electron chi connectivity index (χ4n) is 2.14. The molecule has 1 unspecified atom stereocenters. The number of nitrogens with two attached hydrogens (primary N) is 1. The zero-order chi connectivity index (χ0) is 12.3. The Morgan fingerprint density at radius 1 is 1.71 bits per heavy atom. The van der Waals surface area contributed by atoms with Gasteiger partial charge in [0.1, 0.15) is 0 Å². The first-order valence-electron chi connectivity index (χ1n) is 5.70. The van der Waals surface area contributed by atoms with Gasteiger partial charge in [0.15, 0.2) is 0 Å². The molecular formula is C12H17N3O2. The number of nitrogens with zero attached hydrogens (tertiary/aromatic N) is 2. The summed E-state index contributed by atoms with van der Waals surface area (Å²) >= 11 is 0. The molecule has 2 N–H and O–H groups in total. The van der Waals surface area contributed by atoms with Gasteiger partial charge in [-0.2, -0.15) is 0 Å². The summed E-state index contributed by atoms with van der Waals surface area (Å²) in [6.07, 6.45) is 4.10. The molecule has 1 saturated heterocycles. The van der Waals surface area contributed by atoms with Crippen molar-refractivity contribution < 1.29 is 9.53 Å². The second-order valence-corrected chi connectivity index (χ2v) is 4.32. The molecule has 92 valence electrons. The summed E-state index contributed by atoms with van der Waals surface area (Å²) in [6, 6.07) is 1.65. The minimum Gasteiger partial charge on any atom is -0.398 e. The van der Waals surface area contributed by atoms with E-state index in [0.29, 0.717) is 23.8 Å².